The van der Waals surface area contributed by atoms with Crippen molar-refractivity contribution in [3.63, 3.8) is 0 Å². The molecule has 0 saturated heterocycles. The Labute approximate surface area is 638 Å². The normalized spacial score (nSPS) is 14.1. The molecule has 0 spiro atoms. The van der Waals surface area contributed by atoms with Gasteiger partial charge in [-0.2, -0.15) is 0 Å². The molecule has 19 heteroatoms. The number of hydrogen-bond acceptors (Lipinski definition) is 15. The van der Waals surface area contributed by atoms with Crippen LogP contribution in [0.15, 0.2) is 0 Å². The fourth-order valence-electron chi connectivity index (χ4n) is 13.2. The van der Waals surface area contributed by atoms with E-state index in [1.807, 2.05) is 0 Å². The number of unbranched alkanes of at least 4 members (excludes halogenated alkanes) is 53. The lowest BCUT2D eigenvalue weighted by atomic mass is 9.99. The third kappa shape index (κ3) is 76.8. The first kappa shape index (κ1) is 102. The predicted molar refractivity (Wildman–Crippen MR) is 428 cm³/mol. The molecule has 0 aromatic rings. The van der Waals surface area contributed by atoms with Crippen molar-refractivity contribution < 1.29 is 80.2 Å². The van der Waals surface area contributed by atoms with Gasteiger partial charge in [-0.3, -0.25) is 37.3 Å². The highest BCUT2D eigenvalue weighted by Crippen LogP contribution is 2.45. The zero-order valence-electron chi connectivity index (χ0n) is 68.3. The Balaban J connectivity index is 5.10. The molecule has 0 saturated carbocycles. The predicted octanol–water partition coefficient (Wildman–Crippen LogP) is 25.8. The average molecular weight is 1520 g/mol. The van der Waals surface area contributed by atoms with Gasteiger partial charge in [-0.05, 0) is 37.5 Å². The van der Waals surface area contributed by atoms with Crippen LogP contribution in [0.1, 0.15) is 452 Å². The van der Waals surface area contributed by atoms with E-state index in [2.05, 4.69) is 41.5 Å². The number of aliphatic hydroxyl groups is 1. The number of ether oxygens (including phenoxy) is 4. The zero-order valence-corrected chi connectivity index (χ0v) is 70.1. The molecule has 618 valence electrons. The summed E-state index contributed by atoms with van der Waals surface area (Å²) < 4.78 is 68.6. The van der Waals surface area contributed by atoms with E-state index < -0.39 is 97.5 Å². The summed E-state index contributed by atoms with van der Waals surface area (Å²) in [5.74, 6) is -0.457. The molecule has 6 atom stereocenters. The minimum Gasteiger partial charge on any atom is -0.462 e. The van der Waals surface area contributed by atoms with Crippen molar-refractivity contribution in [2.75, 3.05) is 39.6 Å². The fourth-order valence-corrected chi connectivity index (χ4v) is 14.8. The molecule has 3 unspecified atom stereocenters. The second-order valence-corrected chi connectivity index (χ2v) is 34.2. The topological polar surface area (TPSA) is 237 Å². The number of aliphatic hydroxyl groups excluding tert-OH is 1. The summed E-state index contributed by atoms with van der Waals surface area (Å²) in [4.78, 5) is 72.9. The summed E-state index contributed by atoms with van der Waals surface area (Å²) in [7, 11) is -9.91. The molecule has 0 aliphatic carbocycles. The monoisotopic (exact) mass is 1520 g/mol. The molecule has 0 heterocycles. The quantitative estimate of drug-likeness (QED) is 0.0222. The number of carbonyl (C=O) groups is 4. The summed E-state index contributed by atoms with van der Waals surface area (Å²) in [5, 5.41) is 10.6. The van der Waals surface area contributed by atoms with Crippen LogP contribution in [0.5, 0.6) is 0 Å². The largest absolute Gasteiger partial charge is 0.472 e. The van der Waals surface area contributed by atoms with E-state index in [1.54, 1.807) is 0 Å². The number of rotatable bonds is 84. The molecule has 0 aliphatic rings. The first-order chi connectivity index (χ1) is 50.4. The van der Waals surface area contributed by atoms with Crippen LogP contribution in [-0.2, 0) is 65.4 Å². The van der Waals surface area contributed by atoms with Gasteiger partial charge in [0.15, 0.2) is 12.2 Å². The van der Waals surface area contributed by atoms with E-state index in [4.69, 9.17) is 37.0 Å². The van der Waals surface area contributed by atoms with Gasteiger partial charge in [0.25, 0.3) is 0 Å². The van der Waals surface area contributed by atoms with Gasteiger partial charge in [-0.1, -0.05) is 401 Å². The van der Waals surface area contributed by atoms with Crippen LogP contribution in [0.2, 0.25) is 0 Å². The Morgan fingerprint density at radius 2 is 0.490 bits per heavy atom. The molecule has 0 aromatic carbocycles. The number of phosphoric ester groups is 2. The lowest BCUT2D eigenvalue weighted by Gasteiger charge is -2.21. The second-order valence-electron chi connectivity index (χ2n) is 31.3. The van der Waals surface area contributed by atoms with Crippen LogP contribution in [-0.4, -0.2) is 96.7 Å². The molecule has 0 rings (SSSR count). The second kappa shape index (κ2) is 76.4. The summed E-state index contributed by atoms with van der Waals surface area (Å²) in [6.45, 7) is 9.65. The smallest absolute Gasteiger partial charge is 0.462 e. The summed E-state index contributed by atoms with van der Waals surface area (Å²) in [6, 6.07) is 0. The summed E-state index contributed by atoms with van der Waals surface area (Å²) >= 11 is 0. The SMILES string of the molecule is CCCCCCCCCCCCCCCCCCCCCCCCC(=O)O[C@H](COC(=O)CCCCCCCCCCCCCCCCCCC(C)C)COP(=O)(O)OC[C@@H](O)COP(=O)(O)OC[C@@H](COC(=O)CCCCCCC)OC(=O)CCCCCCCCCCCCCCCCC(C)CC. The van der Waals surface area contributed by atoms with Crippen molar-refractivity contribution in [3.8, 4) is 0 Å². The fraction of sp³-hybridized carbons (Fsp3) is 0.953. The molecule has 104 heavy (non-hydrogen) atoms. The number of hydrogen-bond donors (Lipinski definition) is 3. The van der Waals surface area contributed by atoms with Gasteiger partial charge < -0.3 is 33.8 Å². The summed E-state index contributed by atoms with van der Waals surface area (Å²) in [6.07, 6.45) is 68.6. The lowest BCUT2D eigenvalue weighted by molar-refractivity contribution is -0.161. The van der Waals surface area contributed by atoms with Crippen LogP contribution in [0.3, 0.4) is 0 Å². The molecular weight excluding hydrogens is 1350 g/mol. The standard InChI is InChI=1S/C85H166O17P2/c1-7-10-12-14-15-16-17-18-19-20-21-22-23-24-25-30-36-41-46-51-57-64-70-85(90)102-81(74-96-83(88)68-62-56-50-45-40-35-29-27-26-28-33-38-43-48-54-59-65-77(4)5)76-100-104(93,94)98-72-79(86)71-97-103(91,92)99-75-80(73-95-82(87)67-61-53-13-11-8-2)101-84(89)69-63-58-52-47-42-37-32-31-34-39-44-49-55-60-66-78(6)9-3/h77-81,86H,7-76H2,1-6H3,(H,91,92)(H,93,94)/t78?,79-,80+,81+/m0/s1. The highest BCUT2D eigenvalue weighted by Gasteiger charge is 2.30. The molecular formula is C85H166O17P2. The third-order valence-corrected chi connectivity index (χ3v) is 22.2. The Hall–Kier alpha value is -1.94. The molecule has 0 amide bonds. The van der Waals surface area contributed by atoms with Crippen molar-refractivity contribution in [2.45, 2.75) is 471 Å². The van der Waals surface area contributed by atoms with Gasteiger partial charge in [0.2, 0.25) is 0 Å². The number of phosphoric acid groups is 2. The van der Waals surface area contributed by atoms with E-state index in [1.165, 1.54) is 263 Å². The molecule has 0 fully saturated rings. The molecule has 0 radical (unpaired) electrons. The molecule has 0 aliphatic heterocycles. The van der Waals surface area contributed by atoms with Crippen LogP contribution in [0.4, 0.5) is 0 Å². The molecule has 17 nitrogen and oxygen atoms in total. The van der Waals surface area contributed by atoms with E-state index in [0.717, 1.165) is 108 Å². The molecule has 0 aromatic heterocycles. The van der Waals surface area contributed by atoms with Crippen LogP contribution in [0.25, 0.3) is 0 Å². The molecule has 3 N–H and O–H groups in total. The Bertz CT molecular complexity index is 2000. The average Bonchev–Trinajstić information content (AvgIpc) is 0.907. The van der Waals surface area contributed by atoms with E-state index in [0.29, 0.717) is 25.7 Å². The Morgan fingerprint density at radius 1 is 0.279 bits per heavy atom. The van der Waals surface area contributed by atoms with Gasteiger partial charge in [0, 0.05) is 25.7 Å². The van der Waals surface area contributed by atoms with Crippen LogP contribution < -0.4 is 0 Å². The Kier molecular flexibility index (Phi) is 75.0. The number of carbonyl (C=O) groups excluding carboxylic acids is 4. The van der Waals surface area contributed by atoms with Crippen molar-refractivity contribution in [1.82, 2.24) is 0 Å². The molecule has 0 bridgehead atoms. The maximum Gasteiger partial charge on any atom is 0.472 e. The maximum atomic E-state index is 13.1. The summed E-state index contributed by atoms with van der Waals surface area (Å²) in [5.41, 5.74) is 0. The first-order valence-electron chi connectivity index (χ1n) is 44.0. The van der Waals surface area contributed by atoms with E-state index in [-0.39, 0.29) is 25.7 Å². The zero-order chi connectivity index (χ0) is 76.4. The van der Waals surface area contributed by atoms with Gasteiger partial charge in [-0.25, -0.2) is 9.13 Å². The van der Waals surface area contributed by atoms with Gasteiger partial charge in [0.05, 0.1) is 26.4 Å². The number of esters is 4. The van der Waals surface area contributed by atoms with Crippen LogP contribution >= 0.6 is 15.6 Å². The van der Waals surface area contributed by atoms with Crippen molar-refractivity contribution >= 4 is 39.5 Å². The van der Waals surface area contributed by atoms with E-state index in [9.17, 15) is 43.2 Å². The van der Waals surface area contributed by atoms with Crippen molar-refractivity contribution in [1.29, 1.82) is 0 Å². The first-order valence-corrected chi connectivity index (χ1v) is 47.0. The van der Waals surface area contributed by atoms with Crippen molar-refractivity contribution in [3.05, 3.63) is 0 Å². The lowest BCUT2D eigenvalue weighted by Crippen LogP contribution is -2.30. The van der Waals surface area contributed by atoms with Gasteiger partial charge >= 0.3 is 39.5 Å². The third-order valence-electron chi connectivity index (χ3n) is 20.3. The van der Waals surface area contributed by atoms with Gasteiger partial charge in [0.1, 0.15) is 19.3 Å². The minimum absolute atomic E-state index is 0.107. The highest BCUT2D eigenvalue weighted by molar-refractivity contribution is 7.47. The van der Waals surface area contributed by atoms with Crippen LogP contribution in [0, 0.1) is 11.8 Å². The van der Waals surface area contributed by atoms with E-state index >= 15 is 0 Å². The maximum absolute atomic E-state index is 13.1. The van der Waals surface area contributed by atoms with Crippen molar-refractivity contribution in [2.24, 2.45) is 11.8 Å². The highest BCUT2D eigenvalue weighted by atomic mass is 31.2. The Morgan fingerprint density at radius 3 is 0.731 bits per heavy atom. The minimum atomic E-state index is -4.96. The van der Waals surface area contributed by atoms with Gasteiger partial charge in [-0.15, -0.1) is 0 Å².